The third-order valence-corrected chi connectivity index (χ3v) is 6.35. The van der Waals surface area contributed by atoms with E-state index in [0.29, 0.717) is 56.1 Å². The summed E-state index contributed by atoms with van der Waals surface area (Å²) in [6, 6.07) is 13.1. The minimum atomic E-state index is -0.532. The number of carbonyl (C=O) groups is 2. The summed E-state index contributed by atoms with van der Waals surface area (Å²) in [7, 11) is 3.15. The van der Waals surface area contributed by atoms with Crippen LogP contribution in [-0.2, 0) is 16.2 Å². The van der Waals surface area contributed by atoms with Crippen LogP contribution in [0.15, 0.2) is 47.6 Å². The number of anilines is 1. The van der Waals surface area contributed by atoms with E-state index in [9.17, 15) is 9.59 Å². The van der Waals surface area contributed by atoms with E-state index >= 15 is 0 Å². The number of rotatable bonds is 6. The normalized spacial score (nSPS) is 16.4. The molecule has 2 heterocycles. The van der Waals surface area contributed by atoms with Crippen molar-refractivity contribution < 1.29 is 23.9 Å². The van der Waals surface area contributed by atoms with E-state index < -0.39 is 5.60 Å². The smallest absolute Gasteiger partial charge is 0.321 e. The maximum atomic E-state index is 12.7. The van der Waals surface area contributed by atoms with Gasteiger partial charge >= 0.3 is 6.03 Å². The van der Waals surface area contributed by atoms with Crippen molar-refractivity contribution in [1.29, 1.82) is 0 Å². The van der Waals surface area contributed by atoms with E-state index in [1.165, 1.54) is 0 Å². The molecule has 1 spiro atoms. The molecule has 9 heteroatoms. The van der Waals surface area contributed by atoms with Crippen LogP contribution in [0.4, 0.5) is 10.5 Å². The molecular formula is C25H30N4O5. The summed E-state index contributed by atoms with van der Waals surface area (Å²) in [6.07, 6.45) is 1.66. The summed E-state index contributed by atoms with van der Waals surface area (Å²) >= 11 is 0. The maximum absolute atomic E-state index is 12.7. The minimum absolute atomic E-state index is 0.129. The third kappa shape index (κ3) is 5.08. The standard InChI is InChI=1S/C25H30N4O5/c1-17-6-4-5-7-19(17)27-24(31)29-12-10-25(11-13-29)15-20(28-34-25)23(30)26-16-18-8-9-21(32-2)22(14-18)33-3/h4-9,14H,10-13,15-16H2,1-3H3,(H,26,30)(H,27,31). The topological polar surface area (TPSA) is 101 Å². The van der Waals surface area contributed by atoms with Crippen molar-refractivity contribution in [3.8, 4) is 11.5 Å². The fourth-order valence-electron chi connectivity index (χ4n) is 4.21. The molecule has 3 amide bonds. The van der Waals surface area contributed by atoms with Gasteiger partial charge in [0.05, 0.1) is 14.2 Å². The fourth-order valence-corrected chi connectivity index (χ4v) is 4.21. The molecule has 1 saturated heterocycles. The Morgan fingerprint density at radius 3 is 2.53 bits per heavy atom. The van der Waals surface area contributed by atoms with Crippen molar-refractivity contribution in [2.24, 2.45) is 5.16 Å². The van der Waals surface area contributed by atoms with Crippen molar-refractivity contribution in [1.82, 2.24) is 10.2 Å². The first-order valence-electron chi connectivity index (χ1n) is 11.3. The Balaban J connectivity index is 1.26. The van der Waals surface area contributed by atoms with Crippen LogP contribution in [0, 0.1) is 6.92 Å². The van der Waals surface area contributed by atoms with Crippen LogP contribution in [0.2, 0.25) is 0 Å². The molecule has 2 aromatic carbocycles. The third-order valence-electron chi connectivity index (χ3n) is 6.35. The number of benzene rings is 2. The number of hydrogen-bond donors (Lipinski definition) is 2. The van der Waals surface area contributed by atoms with Gasteiger partial charge in [0, 0.05) is 44.6 Å². The van der Waals surface area contributed by atoms with Gasteiger partial charge < -0.3 is 29.8 Å². The molecule has 1 fully saturated rings. The molecule has 2 aromatic rings. The van der Waals surface area contributed by atoms with Crippen molar-refractivity contribution in [3.05, 3.63) is 53.6 Å². The SMILES string of the molecule is COc1ccc(CNC(=O)C2=NOC3(CCN(C(=O)Nc4ccccc4C)CC3)C2)cc1OC. The fraction of sp³-hybridized carbons (Fsp3) is 0.400. The minimum Gasteiger partial charge on any atom is -0.493 e. The number of carbonyl (C=O) groups excluding carboxylic acids is 2. The molecule has 2 aliphatic heterocycles. The lowest BCUT2D eigenvalue weighted by molar-refractivity contribution is -0.115. The highest BCUT2D eigenvalue weighted by Crippen LogP contribution is 2.35. The Hall–Kier alpha value is -3.75. The summed E-state index contributed by atoms with van der Waals surface area (Å²) in [6.45, 7) is 3.36. The number of hydrogen-bond acceptors (Lipinski definition) is 6. The van der Waals surface area contributed by atoms with Gasteiger partial charge in [0.1, 0.15) is 11.3 Å². The lowest BCUT2D eigenvalue weighted by atomic mass is 9.87. The van der Waals surface area contributed by atoms with Gasteiger partial charge in [-0.15, -0.1) is 0 Å². The summed E-state index contributed by atoms with van der Waals surface area (Å²) in [5.41, 5.74) is 2.55. The zero-order valence-corrected chi connectivity index (χ0v) is 19.7. The number of oxime groups is 1. The van der Waals surface area contributed by atoms with Crippen LogP contribution in [0.5, 0.6) is 11.5 Å². The lowest BCUT2D eigenvalue weighted by Gasteiger charge is -2.37. The number of methoxy groups -OCH3 is 2. The number of piperidine rings is 1. The predicted octanol–water partition coefficient (Wildman–Crippen LogP) is 3.47. The molecule has 9 nitrogen and oxygen atoms in total. The van der Waals surface area contributed by atoms with Crippen LogP contribution < -0.4 is 20.1 Å². The molecule has 0 unspecified atom stereocenters. The zero-order valence-electron chi connectivity index (χ0n) is 19.7. The molecule has 0 aromatic heterocycles. The van der Waals surface area contributed by atoms with E-state index in [1.807, 2.05) is 43.3 Å². The van der Waals surface area contributed by atoms with E-state index in [-0.39, 0.29) is 11.9 Å². The van der Waals surface area contributed by atoms with Gasteiger partial charge in [-0.05, 0) is 36.2 Å². The van der Waals surface area contributed by atoms with Crippen molar-refractivity contribution in [3.63, 3.8) is 0 Å². The predicted molar refractivity (Wildman–Crippen MR) is 128 cm³/mol. The maximum Gasteiger partial charge on any atom is 0.321 e. The highest BCUT2D eigenvalue weighted by atomic mass is 16.7. The first-order valence-corrected chi connectivity index (χ1v) is 11.3. The van der Waals surface area contributed by atoms with E-state index in [0.717, 1.165) is 16.8 Å². The largest absolute Gasteiger partial charge is 0.493 e. The molecule has 180 valence electrons. The number of likely N-dealkylation sites (tertiary alicyclic amines) is 1. The molecule has 0 atom stereocenters. The second-order valence-electron chi connectivity index (χ2n) is 8.59. The summed E-state index contributed by atoms with van der Waals surface area (Å²) in [5, 5.41) is 9.94. The van der Waals surface area contributed by atoms with Crippen molar-refractivity contribution >= 4 is 23.3 Å². The Labute approximate surface area is 199 Å². The van der Waals surface area contributed by atoms with Gasteiger partial charge in [-0.25, -0.2) is 4.79 Å². The highest BCUT2D eigenvalue weighted by Gasteiger charge is 2.44. The number of ether oxygens (including phenoxy) is 2. The Kier molecular flexibility index (Phi) is 6.90. The van der Waals surface area contributed by atoms with E-state index in [1.54, 1.807) is 25.2 Å². The average Bonchev–Trinajstić information content (AvgIpc) is 3.27. The van der Waals surface area contributed by atoms with Crippen LogP contribution in [0.1, 0.15) is 30.4 Å². The van der Waals surface area contributed by atoms with Gasteiger partial charge in [-0.3, -0.25) is 4.79 Å². The molecule has 0 bridgehead atoms. The van der Waals surface area contributed by atoms with Crippen LogP contribution >= 0.6 is 0 Å². The molecule has 2 aliphatic rings. The number of amides is 3. The Bertz CT molecular complexity index is 1090. The second kappa shape index (κ2) is 10.0. The van der Waals surface area contributed by atoms with E-state index in [2.05, 4.69) is 15.8 Å². The van der Waals surface area contributed by atoms with Crippen LogP contribution in [-0.4, -0.2) is 55.5 Å². The van der Waals surface area contributed by atoms with Gasteiger partial charge in [-0.2, -0.15) is 0 Å². The van der Waals surface area contributed by atoms with Gasteiger partial charge in [0.15, 0.2) is 11.5 Å². The molecule has 0 aliphatic carbocycles. The summed E-state index contributed by atoms with van der Waals surface area (Å²) in [5.74, 6) is 0.978. The van der Waals surface area contributed by atoms with Gasteiger partial charge in [0.2, 0.25) is 0 Å². The van der Waals surface area contributed by atoms with Crippen molar-refractivity contribution in [2.75, 3.05) is 32.6 Å². The average molecular weight is 467 g/mol. The molecule has 0 saturated carbocycles. The molecule has 34 heavy (non-hydrogen) atoms. The number of nitrogens with zero attached hydrogens (tertiary/aromatic N) is 2. The number of aryl methyl sites for hydroxylation is 1. The second-order valence-corrected chi connectivity index (χ2v) is 8.59. The molecule has 4 rings (SSSR count). The van der Waals surface area contributed by atoms with Crippen molar-refractivity contribution in [2.45, 2.75) is 38.3 Å². The first kappa shape index (κ1) is 23.4. The zero-order chi connectivity index (χ0) is 24.1. The highest BCUT2D eigenvalue weighted by molar-refractivity contribution is 6.39. The number of para-hydroxylation sites is 1. The first-order chi connectivity index (χ1) is 16.4. The molecular weight excluding hydrogens is 436 g/mol. The van der Waals surface area contributed by atoms with E-state index in [4.69, 9.17) is 14.3 Å². The Morgan fingerprint density at radius 1 is 1.09 bits per heavy atom. The summed E-state index contributed by atoms with van der Waals surface area (Å²) < 4.78 is 10.6. The van der Waals surface area contributed by atoms with Gasteiger partial charge in [-0.1, -0.05) is 29.4 Å². The quantitative estimate of drug-likeness (QED) is 0.679. The van der Waals surface area contributed by atoms with Crippen LogP contribution in [0.3, 0.4) is 0 Å². The van der Waals surface area contributed by atoms with Gasteiger partial charge in [0.25, 0.3) is 5.91 Å². The molecule has 2 N–H and O–H groups in total. The Morgan fingerprint density at radius 2 is 1.82 bits per heavy atom. The summed E-state index contributed by atoms with van der Waals surface area (Å²) in [4.78, 5) is 32.8. The lowest BCUT2D eigenvalue weighted by Crippen LogP contribution is -2.48. The number of urea groups is 1. The number of nitrogens with one attached hydrogen (secondary N) is 2. The molecule has 0 radical (unpaired) electrons. The monoisotopic (exact) mass is 466 g/mol. The van der Waals surface area contributed by atoms with Crippen LogP contribution in [0.25, 0.3) is 0 Å².